The summed E-state index contributed by atoms with van der Waals surface area (Å²) in [6.45, 7) is 6.24. The molecule has 0 radical (unpaired) electrons. The summed E-state index contributed by atoms with van der Waals surface area (Å²) in [6, 6.07) is 15.0. The number of hydrogen-bond acceptors (Lipinski definition) is 1. The minimum absolute atomic E-state index is 0.200. The van der Waals surface area contributed by atoms with Gasteiger partial charge in [-0.05, 0) is 54.3 Å². The SMILES string of the molecule is CCCNC/C=C(/C)c1ccc(-c2ccc(F)cc2)cc1. The topological polar surface area (TPSA) is 12.0 Å². The van der Waals surface area contributed by atoms with Gasteiger partial charge in [-0.3, -0.25) is 0 Å². The van der Waals surface area contributed by atoms with Crippen molar-refractivity contribution in [3.63, 3.8) is 0 Å². The van der Waals surface area contributed by atoms with Gasteiger partial charge in [0, 0.05) is 6.54 Å². The predicted molar refractivity (Wildman–Crippen MR) is 88.6 cm³/mol. The Morgan fingerprint density at radius 3 is 2.14 bits per heavy atom. The van der Waals surface area contributed by atoms with E-state index in [4.69, 9.17) is 0 Å². The molecule has 0 heterocycles. The van der Waals surface area contributed by atoms with Crippen molar-refractivity contribution < 1.29 is 4.39 Å². The van der Waals surface area contributed by atoms with Crippen molar-refractivity contribution in [3.8, 4) is 11.1 Å². The molecule has 0 bridgehead atoms. The van der Waals surface area contributed by atoms with Gasteiger partial charge in [-0.25, -0.2) is 4.39 Å². The standard InChI is InChI=1S/C19H22FN/c1-3-13-21-14-12-15(2)16-4-6-17(7-5-16)18-8-10-19(20)11-9-18/h4-12,21H,3,13-14H2,1-2H3/b15-12-. The Morgan fingerprint density at radius 1 is 1.00 bits per heavy atom. The first-order chi connectivity index (χ1) is 10.2. The fraction of sp³-hybridized carbons (Fsp3) is 0.263. The van der Waals surface area contributed by atoms with Crippen molar-refractivity contribution in [1.29, 1.82) is 0 Å². The third-order valence-corrected chi connectivity index (χ3v) is 3.50. The molecule has 1 nitrogen and oxygen atoms in total. The largest absolute Gasteiger partial charge is 0.313 e. The highest BCUT2D eigenvalue weighted by molar-refractivity contribution is 5.69. The maximum Gasteiger partial charge on any atom is 0.123 e. The number of halogens is 1. The molecule has 0 amide bonds. The van der Waals surface area contributed by atoms with Crippen LogP contribution in [0, 0.1) is 5.82 Å². The summed E-state index contributed by atoms with van der Waals surface area (Å²) < 4.78 is 12.9. The lowest BCUT2D eigenvalue weighted by molar-refractivity contribution is 0.628. The van der Waals surface area contributed by atoms with E-state index in [2.05, 4.69) is 49.5 Å². The van der Waals surface area contributed by atoms with Crippen LogP contribution < -0.4 is 5.32 Å². The first kappa shape index (κ1) is 15.5. The third-order valence-electron chi connectivity index (χ3n) is 3.50. The van der Waals surface area contributed by atoms with Crippen LogP contribution in [0.2, 0.25) is 0 Å². The van der Waals surface area contributed by atoms with Crippen molar-refractivity contribution in [3.05, 3.63) is 66.0 Å². The number of nitrogens with one attached hydrogen (secondary N) is 1. The van der Waals surface area contributed by atoms with Gasteiger partial charge in [0.2, 0.25) is 0 Å². The van der Waals surface area contributed by atoms with E-state index in [0.29, 0.717) is 0 Å². The minimum Gasteiger partial charge on any atom is -0.313 e. The molecule has 0 unspecified atom stereocenters. The van der Waals surface area contributed by atoms with Crippen LogP contribution in [0.5, 0.6) is 0 Å². The summed E-state index contributed by atoms with van der Waals surface area (Å²) in [4.78, 5) is 0. The van der Waals surface area contributed by atoms with Gasteiger partial charge in [-0.2, -0.15) is 0 Å². The predicted octanol–water partition coefficient (Wildman–Crippen LogP) is 4.90. The van der Waals surface area contributed by atoms with Crippen molar-refractivity contribution >= 4 is 5.57 Å². The summed E-state index contributed by atoms with van der Waals surface area (Å²) in [5, 5.41) is 3.37. The molecule has 21 heavy (non-hydrogen) atoms. The Kier molecular flexibility index (Phi) is 5.70. The van der Waals surface area contributed by atoms with Gasteiger partial charge >= 0.3 is 0 Å². The lowest BCUT2D eigenvalue weighted by Crippen LogP contribution is -2.14. The summed E-state index contributed by atoms with van der Waals surface area (Å²) in [5.41, 5.74) is 4.63. The van der Waals surface area contributed by atoms with Crippen LogP contribution in [-0.4, -0.2) is 13.1 Å². The zero-order valence-corrected chi connectivity index (χ0v) is 12.7. The third kappa shape index (κ3) is 4.54. The highest BCUT2D eigenvalue weighted by Gasteiger charge is 2.00. The van der Waals surface area contributed by atoms with Gasteiger partial charge < -0.3 is 5.32 Å². The van der Waals surface area contributed by atoms with E-state index in [0.717, 1.165) is 30.6 Å². The Balaban J connectivity index is 2.06. The Labute approximate surface area is 126 Å². The maximum atomic E-state index is 12.9. The molecule has 2 heteroatoms. The molecule has 0 aliphatic rings. The maximum absolute atomic E-state index is 12.9. The molecule has 0 aromatic heterocycles. The zero-order valence-electron chi connectivity index (χ0n) is 12.7. The van der Waals surface area contributed by atoms with E-state index in [1.807, 2.05) is 12.1 Å². The zero-order chi connectivity index (χ0) is 15.1. The van der Waals surface area contributed by atoms with Gasteiger partial charge in [0.1, 0.15) is 5.82 Å². The van der Waals surface area contributed by atoms with Gasteiger partial charge in [-0.1, -0.05) is 49.4 Å². The van der Waals surface area contributed by atoms with E-state index in [1.165, 1.54) is 23.3 Å². The van der Waals surface area contributed by atoms with E-state index in [1.54, 1.807) is 0 Å². The van der Waals surface area contributed by atoms with Crippen LogP contribution in [0.15, 0.2) is 54.6 Å². The average molecular weight is 283 g/mol. The van der Waals surface area contributed by atoms with Crippen LogP contribution in [0.3, 0.4) is 0 Å². The van der Waals surface area contributed by atoms with E-state index < -0.39 is 0 Å². The normalized spacial score (nSPS) is 11.7. The summed E-state index contributed by atoms with van der Waals surface area (Å²) in [7, 11) is 0. The van der Waals surface area contributed by atoms with Crippen LogP contribution in [-0.2, 0) is 0 Å². The summed E-state index contributed by atoms with van der Waals surface area (Å²) >= 11 is 0. The minimum atomic E-state index is -0.200. The molecule has 1 N–H and O–H groups in total. The van der Waals surface area contributed by atoms with Gasteiger partial charge in [0.25, 0.3) is 0 Å². The first-order valence-electron chi connectivity index (χ1n) is 7.44. The van der Waals surface area contributed by atoms with Crippen molar-refractivity contribution in [2.75, 3.05) is 13.1 Å². The van der Waals surface area contributed by atoms with Crippen molar-refractivity contribution in [1.82, 2.24) is 5.32 Å². The molecule has 0 atom stereocenters. The smallest absolute Gasteiger partial charge is 0.123 e. The first-order valence-corrected chi connectivity index (χ1v) is 7.44. The molecular formula is C19H22FN. The highest BCUT2D eigenvalue weighted by Crippen LogP contribution is 2.22. The summed E-state index contributed by atoms with van der Waals surface area (Å²) in [6.07, 6.45) is 3.36. The molecular weight excluding hydrogens is 261 g/mol. The molecule has 2 rings (SSSR count). The number of hydrogen-bond donors (Lipinski definition) is 1. The van der Waals surface area contributed by atoms with Gasteiger partial charge in [-0.15, -0.1) is 0 Å². The lowest BCUT2D eigenvalue weighted by Gasteiger charge is -2.06. The molecule has 110 valence electrons. The Hall–Kier alpha value is -1.93. The Morgan fingerprint density at radius 2 is 1.57 bits per heavy atom. The van der Waals surface area contributed by atoms with Crippen LogP contribution in [0.25, 0.3) is 16.7 Å². The molecule has 0 saturated carbocycles. The molecule has 2 aromatic rings. The molecule has 0 fully saturated rings. The quantitative estimate of drug-likeness (QED) is 0.744. The van der Waals surface area contributed by atoms with Crippen LogP contribution >= 0.6 is 0 Å². The highest BCUT2D eigenvalue weighted by atomic mass is 19.1. The molecule has 2 aromatic carbocycles. The molecule has 0 spiro atoms. The van der Waals surface area contributed by atoms with E-state index in [-0.39, 0.29) is 5.82 Å². The summed E-state index contributed by atoms with van der Waals surface area (Å²) in [5.74, 6) is -0.200. The average Bonchev–Trinajstić information content (AvgIpc) is 2.52. The lowest BCUT2D eigenvalue weighted by atomic mass is 10.0. The van der Waals surface area contributed by atoms with Crippen molar-refractivity contribution in [2.45, 2.75) is 20.3 Å². The van der Waals surface area contributed by atoms with Crippen LogP contribution in [0.1, 0.15) is 25.8 Å². The molecule has 0 aliphatic carbocycles. The Bertz CT molecular complexity index is 582. The van der Waals surface area contributed by atoms with Gasteiger partial charge in [0.15, 0.2) is 0 Å². The molecule has 0 aliphatic heterocycles. The van der Waals surface area contributed by atoms with Crippen molar-refractivity contribution in [2.24, 2.45) is 0 Å². The van der Waals surface area contributed by atoms with Gasteiger partial charge in [0.05, 0.1) is 0 Å². The number of benzene rings is 2. The second kappa shape index (κ2) is 7.75. The van der Waals surface area contributed by atoms with Crippen LogP contribution in [0.4, 0.5) is 4.39 Å². The monoisotopic (exact) mass is 283 g/mol. The van der Waals surface area contributed by atoms with E-state index >= 15 is 0 Å². The second-order valence-corrected chi connectivity index (χ2v) is 5.18. The fourth-order valence-corrected chi connectivity index (χ4v) is 2.19. The fourth-order valence-electron chi connectivity index (χ4n) is 2.19. The van der Waals surface area contributed by atoms with E-state index in [9.17, 15) is 4.39 Å². The second-order valence-electron chi connectivity index (χ2n) is 5.18. The molecule has 0 saturated heterocycles. The number of rotatable bonds is 6. The number of allylic oxidation sites excluding steroid dienone is 1.